The summed E-state index contributed by atoms with van der Waals surface area (Å²) in [6.07, 6.45) is 10.00. The largest absolute Gasteiger partial charge is 0.444 e. The number of carbonyl (C=O) groups is 1. The van der Waals surface area contributed by atoms with Gasteiger partial charge in [0.15, 0.2) is 0 Å². The van der Waals surface area contributed by atoms with E-state index in [0.29, 0.717) is 5.41 Å². The molecular formula is C30H41ClN4O2S. The molecule has 2 fully saturated rings. The van der Waals surface area contributed by atoms with Gasteiger partial charge in [0, 0.05) is 35.7 Å². The van der Waals surface area contributed by atoms with Crippen molar-refractivity contribution in [3.63, 3.8) is 0 Å². The highest BCUT2D eigenvalue weighted by Gasteiger charge is 2.39. The Morgan fingerprint density at radius 3 is 2.45 bits per heavy atom. The molecule has 2 aromatic rings. The van der Waals surface area contributed by atoms with Crippen LogP contribution in [-0.2, 0) is 4.74 Å². The third-order valence-electron chi connectivity index (χ3n) is 8.19. The van der Waals surface area contributed by atoms with Gasteiger partial charge in [-0.25, -0.2) is 9.78 Å². The van der Waals surface area contributed by atoms with E-state index in [2.05, 4.69) is 28.0 Å². The highest BCUT2D eigenvalue weighted by molar-refractivity contribution is 7.99. The first kappa shape index (κ1) is 27.6. The maximum absolute atomic E-state index is 12.4. The zero-order valence-corrected chi connectivity index (χ0v) is 24.6. The average Bonchev–Trinajstić information content (AvgIpc) is 2.89. The Morgan fingerprint density at radius 2 is 1.71 bits per heavy atom. The number of aromatic nitrogens is 1. The van der Waals surface area contributed by atoms with E-state index in [9.17, 15) is 4.79 Å². The van der Waals surface area contributed by atoms with E-state index in [1.807, 2.05) is 44.0 Å². The number of fused-ring (bicyclic) bond motifs is 2. The Bertz CT molecular complexity index is 1120. The van der Waals surface area contributed by atoms with E-state index in [1.54, 1.807) is 11.8 Å². The van der Waals surface area contributed by atoms with Crippen LogP contribution in [0.25, 0.3) is 0 Å². The Morgan fingerprint density at radius 1 is 1.00 bits per heavy atom. The number of carbonyl (C=O) groups excluding carboxylic acids is 1. The van der Waals surface area contributed by atoms with Crippen molar-refractivity contribution in [1.29, 1.82) is 0 Å². The number of amides is 1. The standard InChI is InChI=1S/C30H41ClN4O2S/c1-29(2,3)37-28(36)34-20-13-30(14-21-34)11-18-33(19-12-30)16-5-4-6-17-35-24-22-23(31)9-10-25(24)38-26-8-7-15-32-27(26)35/h7-10,15,22H,4-6,11-14,16-21H2,1-3H3. The Labute approximate surface area is 237 Å². The third-order valence-corrected chi connectivity index (χ3v) is 9.53. The fraction of sp³-hybridized carbons (Fsp3) is 0.600. The maximum Gasteiger partial charge on any atom is 0.410 e. The van der Waals surface area contributed by atoms with Gasteiger partial charge in [0.25, 0.3) is 0 Å². The third kappa shape index (κ3) is 6.60. The van der Waals surface area contributed by atoms with E-state index in [1.165, 1.54) is 60.8 Å². The van der Waals surface area contributed by atoms with Gasteiger partial charge in [-0.05, 0) is 115 Å². The van der Waals surface area contributed by atoms with Crippen LogP contribution in [0.3, 0.4) is 0 Å². The van der Waals surface area contributed by atoms with Crippen molar-refractivity contribution in [1.82, 2.24) is 14.8 Å². The van der Waals surface area contributed by atoms with Gasteiger partial charge in [0.1, 0.15) is 11.4 Å². The van der Waals surface area contributed by atoms with Crippen LogP contribution in [0, 0.1) is 5.41 Å². The summed E-state index contributed by atoms with van der Waals surface area (Å²) < 4.78 is 5.58. The summed E-state index contributed by atoms with van der Waals surface area (Å²) >= 11 is 8.13. The zero-order valence-electron chi connectivity index (χ0n) is 23.0. The molecule has 3 aliphatic rings. The fourth-order valence-electron chi connectivity index (χ4n) is 5.93. The van der Waals surface area contributed by atoms with Gasteiger partial charge in [-0.1, -0.05) is 29.8 Å². The van der Waals surface area contributed by atoms with Gasteiger partial charge in [-0.15, -0.1) is 0 Å². The smallest absolute Gasteiger partial charge is 0.410 e. The van der Waals surface area contributed by atoms with Gasteiger partial charge in [-0.3, -0.25) is 0 Å². The monoisotopic (exact) mass is 556 g/mol. The molecule has 1 aromatic carbocycles. The molecule has 1 amide bonds. The number of benzene rings is 1. The van der Waals surface area contributed by atoms with E-state index < -0.39 is 5.60 Å². The number of anilines is 2. The second kappa shape index (κ2) is 11.6. The SMILES string of the molecule is CC(C)(C)OC(=O)N1CCC2(CCN(CCCCCN3c4cc(Cl)ccc4Sc4cccnc43)CC2)CC1. The number of pyridine rings is 1. The van der Waals surface area contributed by atoms with Crippen LogP contribution in [-0.4, -0.2) is 65.7 Å². The highest BCUT2D eigenvalue weighted by Crippen LogP contribution is 2.48. The number of likely N-dealkylation sites (tertiary alicyclic amines) is 2. The number of ether oxygens (including phenoxy) is 1. The van der Waals surface area contributed by atoms with E-state index in [-0.39, 0.29) is 6.09 Å². The quantitative estimate of drug-likeness (QED) is 0.341. The highest BCUT2D eigenvalue weighted by atomic mass is 35.5. The molecule has 0 atom stereocenters. The Kier molecular flexibility index (Phi) is 8.46. The summed E-state index contributed by atoms with van der Waals surface area (Å²) in [5, 5.41) is 0.770. The normalized spacial score (nSPS) is 19.3. The number of hydrogen-bond donors (Lipinski definition) is 0. The van der Waals surface area contributed by atoms with Crippen molar-refractivity contribution in [2.75, 3.05) is 44.2 Å². The summed E-state index contributed by atoms with van der Waals surface area (Å²) in [4.78, 5) is 26.5. The van der Waals surface area contributed by atoms with Crippen molar-refractivity contribution < 1.29 is 9.53 Å². The first-order valence-corrected chi connectivity index (χ1v) is 15.3. The molecule has 0 aliphatic carbocycles. The van der Waals surface area contributed by atoms with Crippen LogP contribution in [0.4, 0.5) is 16.3 Å². The lowest BCUT2D eigenvalue weighted by molar-refractivity contribution is -0.00248. The van der Waals surface area contributed by atoms with Crippen LogP contribution in [0.5, 0.6) is 0 Å². The van der Waals surface area contributed by atoms with Crippen LogP contribution in [0.2, 0.25) is 5.02 Å². The molecule has 206 valence electrons. The van der Waals surface area contributed by atoms with Gasteiger partial charge in [0.2, 0.25) is 0 Å². The molecular weight excluding hydrogens is 516 g/mol. The van der Waals surface area contributed by atoms with Gasteiger partial charge < -0.3 is 19.4 Å². The maximum atomic E-state index is 12.4. The topological polar surface area (TPSA) is 48.9 Å². The lowest BCUT2D eigenvalue weighted by Crippen LogP contribution is -2.49. The summed E-state index contributed by atoms with van der Waals surface area (Å²) in [7, 11) is 0. The molecule has 1 spiro atoms. The van der Waals surface area contributed by atoms with E-state index in [4.69, 9.17) is 21.3 Å². The first-order chi connectivity index (χ1) is 18.2. The molecule has 6 nitrogen and oxygen atoms in total. The van der Waals surface area contributed by atoms with E-state index in [0.717, 1.165) is 49.7 Å². The Hall–Kier alpha value is -1.96. The predicted molar refractivity (Wildman–Crippen MR) is 156 cm³/mol. The lowest BCUT2D eigenvalue weighted by Gasteiger charge is -2.47. The molecule has 2 saturated heterocycles. The van der Waals surface area contributed by atoms with Gasteiger partial charge >= 0.3 is 6.09 Å². The molecule has 38 heavy (non-hydrogen) atoms. The van der Waals surface area contributed by atoms with Crippen LogP contribution >= 0.6 is 23.4 Å². The first-order valence-electron chi connectivity index (χ1n) is 14.1. The van der Waals surface area contributed by atoms with Crippen molar-refractivity contribution >= 4 is 41.0 Å². The van der Waals surface area contributed by atoms with Crippen LogP contribution in [0.15, 0.2) is 46.3 Å². The van der Waals surface area contributed by atoms with Crippen LogP contribution in [0.1, 0.15) is 65.7 Å². The number of halogens is 1. The zero-order chi connectivity index (χ0) is 26.8. The van der Waals surface area contributed by atoms with Crippen LogP contribution < -0.4 is 4.90 Å². The minimum atomic E-state index is -0.427. The molecule has 0 radical (unpaired) electrons. The summed E-state index contributed by atoms with van der Waals surface area (Å²) in [5.74, 6) is 1.05. The molecule has 0 saturated carbocycles. The van der Waals surface area contributed by atoms with Crippen molar-refractivity contribution in [2.45, 2.75) is 81.1 Å². The summed E-state index contributed by atoms with van der Waals surface area (Å²) in [5.41, 5.74) is 1.16. The Balaban J connectivity index is 1.04. The number of rotatable bonds is 6. The van der Waals surface area contributed by atoms with Crippen molar-refractivity contribution in [3.8, 4) is 0 Å². The second-order valence-electron chi connectivity index (χ2n) is 12.1. The molecule has 4 heterocycles. The molecule has 1 aromatic heterocycles. The number of piperidine rings is 2. The number of unbranched alkanes of at least 4 members (excludes halogenated alkanes) is 2. The molecule has 0 unspecified atom stereocenters. The van der Waals surface area contributed by atoms with Crippen molar-refractivity contribution in [3.05, 3.63) is 41.6 Å². The van der Waals surface area contributed by atoms with Gasteiger partial charge in [-0.2, -0.15) is 0 Å². The fourth-order valence-corrected chi connectivity index (χ4v) is 7.15. The molecule has 8 heteroatoms. The second-order valence-corrected chi connectivity index (χ2v) is 13.6. The minimum Gasteiger partial charge on any atom is -0.444 e. The number of hydrogen-bond acceptors (Lipinski definition) is 6. The predicted octanol–water partition coefficient (Wildman–Crippen LogP) is 7.62. The molecule has 0 bridgehead atoms. The minimum absolute atomic E-state index is 0.154. The average molecular weight is 557 g/mol. The summed E-state index contributed by atoms with van der Waals surface area (Å²) in [6, 6.07) is 10.3. The molecule has 0 N–H and O–H groups in total. The molecule has 3 aliphatic heterocycles. The van der Waals surface area contributed by atoms with E-state index >= 15 is 0 Å². The number of nitrogens with zero attached hydrogens (tertiary/aromatic N) is 4. The summed E-state index contributed by atoms with van der Waals surface area (Å²) in [6.45, 7) is 11.9. The van der Waals surface area contributed by atoms with Crippen molar-refractivity contribution in [2.24, 2.45) is 5.41 Å². The lowest BCUT2D eigenvalue weighted by atomic mass is 9.71. The van der Waals surface area contributed by atoms with Gasteiger partial charge in [0.05, 0.1) is 10.6 Å². The molecule has 5 rings (SSSR count).